The summed E-state index contributed by atoms with van der Waals surface area (Å²) < 4.78 is 16.8. The Kier molecular flexibility index (Phi) is 3.06. The van der Waals surface area contributed by atoms with Gasteiger partial charge in [0, 0.05) is 0 Å². The minimum Gasteiger partial charge on any atom is -0.454 e. The summed E-state index contributed by atoms with van der Waals surface area (Å²) in [5.74, 6) is 1.65. The molecule has 0 aromatic heterocycles. The van der Waals surface area contributed by atoms with Crippen molar-refractivity contribution < 1.29 is 14.2 Å². The van der Waals surface area contributed by atoms with Crippen LogP contribution in [0.3, 0.4) is 0 Å². The molecule has 3 nitrogen and oxygen atoms in total. The van der Waals surface area contributed by atoms with Crippen LogP contribution in [0.1, 0.15) is 16.7 Å². The Morgan fingerprint density at radius 2 is 1.71 bits per heavy atom. The summed E-state index contributed by atoms with van der Waals surface area (Å²) in [6.45, 7) is 1.60. The third-order valence-corrected chi connectivity index (χ3v) is 4.62. The summed E-state index contributed by atoms with van der Waals surface area (Å²) in [6.07, 6.45) is 6.52. The van der Waals surface area contributed by atoms with Crippen molar-refractivity contribution in [3.63, 3.8) is 0 Å². The Bertz CT molecular complexity index is 904. The molecule has 0 spiro atoms. The van der Waals surface area contributed by atoms with E-state index in [1.54, 1.807) is 0 Å². The smallest absolute Gasteiger partial charge is 0.231 e. The molecule has 2 aliphatic heterocycles. The van der Waals surface area contributed by atoms with Gasteiger partial charge in [0.25, 0.3) is 0 Å². The van der Waals surface area contributed by atoms with Crippen LogP contribution >= 0.6 is 0 Å². The fraction of sp³-hybridized carbons (Fsp3) is 0.143. The highest BCUT2D eigenvalue weighted by molar-refractivity contribution is 5.95. The predicted octanol–water partition coefficient (Wildman–Crippen LogP) is 4.31. The molecule has 118 valence electrons. The molecular weight excluding hydrogens is 300 g/mol. The van der Waals surface area contributed by atoms with E-state index in [-0.39, 0.29) is 0 Å². The van der Waals surface area contributed by atoms with Gasteiger partial charge in [0.15, 0.2) is 11.5 Å². The van der Waals surface area contributed by atoms with Gasteiger partial charge in [0.05, 0.1) is 13.2 Å². The lowest BCUT2D eigenvalue weighted by molar-refractivity contribution is 0.174. The largest absolute Gasteiger partial charge is 0.454 e. The van der Waals surface area contributed by atoms with E-state index in [0.717, 1.165) is 11.5 Å². The molecule has 0 atom stereocenters. The van der Waals surface area contributed by atoms with Gasteiger partial charge in [-0.1, -0.05) is 42.5 Å². The molecule has 2 aromatic rings. The zero-order valence-corrected chi connectivity index (χ0v) is 13.1. The van der Waals surface area contributed by atoms with Gasteiger partial charge >= 0.3 is 0 Å². The lowest BCUT2D eigenvalue weighted by atomic mass is 9.96. The molecule has 3 heteroatoms. The third-order valence-electron chi connectivity index (χ3n) is 4.62. The van der Waals surface area contributed by atoms with E-state index < -0.39 is 0 Å². The fourth-order valence-electron chi connectivity index (χ4n) is 3.43. The average Bonchev–Trinajstić information content (AvgIpc) is 3.32. The van der Waals surface area contributed by atoms with Gasteiger partial charge in [-0.05, 0) is 51.6 Å². The second-order valence-electron chi connectivity index (χ2n) is 6.09. The summed E-state index contributed by atoms with van der Waals surface area (Å²) >= 11 is 0. The van der Waals surface area contributed by atoms with E-state index in [1.807, 2.05) is 6.07 Å². The second-order valence-corrected chi connectivity index (χ2v) is 6.09. The summed E-state index contributed by atoms with van der Waals surface area (Å²) in [6, 6.07) is 14.5. The topological polar surface area (TPSA) is 27.7 Å². The van der Waals surface area contributed by atoms with E-state index in [9.17, 15) is 0 Å². The van der Waals surface area contributed by atoms with Crippen LogP contribution in [0.15, 0.2) is 59.7 Å². The number of hydrogen-bond donors (Lipinski definition) is 0. The van der Waals surface area contributed by atoms with E-state index in [0.29, 0.717) is 20.0 Å². The molecule has 0 amide bonds. The first-order valence-electron chi connectivity index (χ1n) is 8.07. The molecule has 0 bridgehead atoms. The molecule has 0 unspecified atom stereocenters. The number of benzene rings is 2. The van der Waals surface area contributed by atoms with E-state index in [4.69, 9.17) is 14.2 Å². The van der Waals surface area contributed by atoms with Crippen LogP contribution in [0.4, 0.5) is 0 Å². The monoisotopic (exact) mass is 316 g/mol. The highest BCUT2D eigenvalue weighted by Gasteiger charge is 2.25. The quantitative estimate of drug-likeness (QED) is 0.784. The molecule has 1 saturated heterocycles. The number of hydrogen-bond acceptors (Lipinski definition) is 3. The first kappa shape index (κ1) is 13.6. The van der Waals surface area contributed by atoms with Crippen molar-refractivity contribution in [3.05, 3.63) is 76.4 Å². The lowest BCUT2D eigenvalue weighted by Crippen LogP contribution is -1.93. The highest BCUT2D eigenvalue weighted by atomic mass is 16.7. The van der Waals surface area contributed by atoms with E-state index in [1.165, 1.54) is 33.4 Å². The maximum Gasteiger partial charge on any atom is 0.231 e. The molecule has 24 heavy (non-hydrogen) atoms. The summed E-state index contributed by atoms with van der Waals surface area (Å²) in [4.78, 5) is 0. The average molecular weight is 316 g/mol. The molecule has 1 fully saturated rings. The molecule has 0 radical (unpaired) electrons. The highest BCUT2D eigenvalue weighted by Crippen LogP contribution is 2.43. The Hall–Kier alpha value is -2.78. The van der Waals surface area contributed by atoms with Crippen molar-refractivity contribution in [1.82, 2.24) is 0 Å². The maximum atomic E-state index is 5.75. The van der Waals surface area contributed by atoms with Crippen molar-refractivity contribution in [2.75, 3.05) is 20.0 Å². The first-order chi connectivity index (χ1) is 11.9. The summed E-state index contributed by atoms with van der Waals surface area (Å²) in [7, 11) is 0. The Morgan fingerprint density at radius 1 is 0.875 bits per heavy atom. The Labute approximate surface area is 140 Å². The van der Waals surface area contributed by atoms with Crippen molar-refractivity contribution in [1.29, 1.82) is 0 Å². The number of fused-ring (bicyclic) bond motifs is 2. The number of rotatable bonds is 1. The fourth-order valence-corrected chi connectivity index (χ4v) is 3.43. The van der Waals surface area contributed by atoms with Crippen LogP contribution in [0.25, 0.3) is 17.7 Å². The standard InChI is InChI=1S/C21H16O3/c1-2-4-14(5-3-1)8-16-11-22-12-19(16)17-7-6-15-9-20-21(10-18(15)17)24-13-23-20/h1-10H,11-13H2/b16-8+,19-17-. The van der Waals surface area contributed by atoms with Gasteiger partial charge < -0.3 is 14.2 Å². The second kappa shape index (κ2) is 5.39. The predicted molar refractivity (Wildman–Crippen MR) is 93.8 cm³/mol. The summed E-state index contributed by atoms with van der Waals surface area (Å²) in [5.41, 5.74) is 7.29. The van der Waals surface area contributed by atoms with E-state index in [2.05, 4.69) is 54.6 Å². The van der Waals surface area contributed by atoms with Gasteiger partial charge in [-0.25, -0.2) is 0 Å². The van der Waals surface area contributed by atoms with Crippen molar-refractivity contribution >= 4 is 17.7 Å². The SMILES string of the molecule is C1=Cc2cc3c(cc2/C1=C1/COC/C1=C\c1ccccc1)OCO3. The van der Waals surface area contributed by atoms with Crippen LogP contribution in [-0.4, -0.2) is 20.0 Å². The molecule has 2 heterocycles. The lowest BCUT2D eigenvalue weighted by Gasteiger charge is -2.08. The Balaban J connectivity index is 1.61. The molecule has 0 N–H and O–H groups in total. The van der Waals surface area contributed by atoms with Crippen LogP contribution < -0.4 is 9.47 Å². The van der Waals surface area contributed by atoms with Crippen molar-refractivity contribution in [2.45, 2.75) is 0 Å². The molecule has 1 aliphatic carbocycles. The Morgan fingerprint density at radius 3 is 2.58 bits per heavy atom. The zero-order valence-electron chi connectivity index (χ0n) is 13.1. The van der Waals surface area contributed by atoms with Gasteiger partial charge in [0.1, 0.15) is 0 Å². The van der Waals surface area contributed by atoms with Gasteiger partial charge in [-0.3, -0.25) is 0 Å². The number of ether oxygens (including phenoxy) is 3. The molecule has 0 saturated carbocycles. The molecule has 3 aliphatic rings. The van der Waals surface area contributed by atoms with Crippen molar-refractivity contribution in [3.8, 4) is 11.5 Å². The van der Waals surface area contributed by atoms with Crippen molar-refractivity contribution in [2.24, 2.45) is 0 Å². The van der Waals surface area contributed by atoms with Crippen LogP contribution in [0.2, 0.25) is 0 Å². The van der Waals surface area contributed by atoms with Crippen LogP contribution in [0, 0.1) is 0 Å². The van der Waals surface area contributed by atoms with Crippen LogP contribution in [0.5, 0.6) is 11.5 Å². The minimum absolute atomic E-state index is 0.302. The van der Waals surface area contributed by atoms with E-state index >= 15 is 0 Å². The molecule has 5 rings (SSSR count). The van der Waals surface area contributed by atoms with Gasteiger partial charge in [0.2, 0.25) is 6.79 Å². The summed E-state index contributed by atoms with van der Waals surface area (Å²) in [5, 5.41) is 0. The van der Waals surface area contributed by atoms with Gasteiger partial charge in [-0.2, -0.15) is 0 Å². The number of allylic oxidation sites excluding steroid dienone is 2. The normalized spacial score (nSPS) is 22.4. The van der Waals surface area contributed by atoms with Gasteiger partial charge in [-0.15, -0.1) is 0 Å². The molecule has 2 aromatic carbocycles. The molecular formula is C21H16O3. The van der Waals surface area contributed by atoms with Crippen LogP contribution in [-0.2, 0) is 4.74 Å². The third kappa shape index (κ3) is 2.17. The minimum atomic E-state index is 0.302. The first-order valence-corrected chi connectivity index (χ1v) is 8.07. The zero-order chi connectivity index (χ0) is 15.9. The maximum absolute atomic E-state index is 5.75.